The van der Waals surface area contributed by atoms with Crippen LogP contribution >= 0.6 is 0 Å². The van der Waals surface area contributed by atoms with Gasteiger partial charge in [0.15, 0.2) is 6.10 Å². The minimum Gasteiger partial charge on any atom is -0.465 e. The first kappa shape index (κ1) is 7.16. The Morgan fingerprint density at radius 1 is 1.50 bits per heavy atom. The van der Waals surface area contributed by atoms with Crippen molar-refractivity contribution in [2.24, 2.45) is 0 Å². The molecule has 0 radical (unpaired) electrons. The topological polar surface area (TPSA) is 39.4 Å². The Morgan fingerprint density at radius 3 is 3.08 bits per heavy atom. The summed E-state index contributed by atoms with van der Waals surface area (Å²) < 4.78 is 10.1. The number of hydrogen-bond acceptors (Lipinski definition) is 3. The smallest absolute Gasteiger partial charge is 0.331 e. The van der Waals surface area contributed by atoms with Crippen molar-refractivity contribution in [1.82, 2.24) is 0 Å². The van der Waals surface area contributed by atoms with Crippen molar-refractivity contribution in [1.29, 1.82) is 0 Å². The molecule has 0 unspecified atom stereocenters. The van der Waals surface area contributed by atoms with Crippen molar-refractivity contribution in [2.75, 3.05) is 0 Å². The van der Waals surface area contributed by atoms with Crippen LogP contribution in [0.5, 0.6) is 0 Å². The Kier molecular flexibility index (Phi) is 1.70. The maximum atomic E-state index is 10.8. The second kappa shape index (κ2) is 2.85. The average molecular weight is 164 g/mol. The van der Waals surface area contributed by atoms with Crippen molar-refractivity contribution in [3.05, 3.63) is 36.3 Å². The lowest BCUT2D eigenvalue weighted by Gasteiger charge is -2.15. The fourth-order valence-electron chi connectivity index (χ4n) is 1.16. The summed E-state index contributed by atoms with van der Waals surface area (Å²) in [6, 6.07) is 3.58. The van der Waals surface area contributed by atoms with Gasteiger partial charge in [0.2, 0.25) is 0 Å². The van der Waals surface area contributed by atoms with Gasteiger partial charge in [0.1, 0.15) is 5.76 Å². The van der Waals surface area contributed by atoms with Crippen molar-refractivity contribution in [3.8, 4) is 0 Å². The van der Waals surface area contributed by atoms with Crippen LogP contribution in [0.25, 0.3) is 0 Å². The molecule has 0 spiro atoms. The summed E-state index contributed by atoms with van der Waals surface area (Å²) in [5.74, 6) is 0.398. The van der Waals surface area contributed by atoms with Crippen molar-refractivity contribution in [3.63, 3.8) is 0 Å². The molecule has 62 valence electrons. The fraction of sp³-hybridized carbons (Fsp3) is 0.222. The van der Waals surface area contributed by atoms with Gasteiger partial charge in [-0.1, -0.05) is 6.08 Å². The van der Waals surface area contributed by atoms with Crippen LogP contribution < -0.4 is 0 Å². The highest BCUT2D eigenvalue weighted by Gasteiger charge is 2.19. The second-order valence-corrected chi connectivity index (χ2v) is 2.58. The quantitative estimate of drug-likeness (QED) is 0.594. The first-order chi connectivity index (χ1) is 5.86. The van der Waals surface area contributed by atoms with Gasteiger partial charge in [-0.05, 0) is 12.1 Å². The zero-order chi connectivity index (χ0) is 8.39. The molecule has 0 aromatic carbocycles. The third kappa shape index (κ3) is 1.25. The molecule has 1 aliphatic rings. The molecule has 0 saturated heterocycles. The highest BCUT2D eigenvalue weighted by molar-refractivity contribution is 5.82. The third-order valence-electron chi connectivity index (χ3n) is 1.72. The number of hydrogen-bond donors (Lipinski definition) is 0. The number of carbonyl (C=O) groups is 1. The molecule has 0 fully saturated rings. The van der Waals surface area contributed by atoms with E-state index in [9.17, 15) is 4.79 Å². The van der Waals surface area contributed by atoms with Gasteiger partial charge in [-0.25, -0.2) is 4.79 Å². The number of carbonyl (C=O) groups excluding carboxylic acids is 1. The predicted octanol–water partition coefficient (Wildman–Crippen LogP) is 1.82. The molecule has 2 heterocycles. The van der Waals surface area contributed by atoms with Gasteiger partial charge in [-0.2, -0.15) is 0 Å². The van der Waals surface area contributed by atoms with Crippen molar-refractivity contribution < 1.29 is 13.9 Å². The van der Waals surface area contributed by atoms with Crippen molar-refractivity contribution >= 4 is 5.97 Å². The number of ether oxygens (including phenoxy) is 1. The summed E-state index contributed by atoms with van der Waals surface area (Å²) in [5, 5.41) is 0. The van der Waals surface area contributed by atoms with E-state index >= 15 is 0 Å². The van der Waals surface area contributed by atoms with Gasteiger partial charge >= 0.3 is 5.97 Å². The van der Waals surface area contributed by atoms with Crippen LogP contribution in [-0.4, -0.2) is 5.97 Å². The Morgan fingerprint density at radius 2 is 2.42 bits per heavy atom. The zero-order valence-electron chi connectivity index (χ0n) is 6.40. The van der Waals surface area contributed by atoms with Crippen LogP contribution in [0.1, 0.15) is 18.3 Å². The van der Waals surface area contributed by atoms with Gasteiger partial charge in [0.25, 0.3) is 0 Å². The minimum atomic E-state index is -0.303. The van der Waals surface area contributed by atoms with E-state index in [1.54, 1.807) is 24.5 Å². The fourth-order valence-corrected chi connectivity index (χ4v) is 1.16. The van der Waals surface area contributed by atoms with E-state index in [-0.39, 0.29) is 12.1 Å². The molecule has 2 rings (SSSR count). The molecule has 0 amide bonds. The Bertz CT molecular complexity index is 298. The molecule has 1 atom stereocenters. The van der Waals surface area contributed by atoms with Crippen molar-refractivity contribution in [2.45, 2.75) is 12.5 Å². The Hall–Kier alpha value is -1.51. The summed E-state index contributed by atoms with van der Waals surface area (Å²) in [7, 11) is 0. The lowest BCUT2D eigenvalue weighted by molar-refractivity contribution is -0.145. The van der Waals surface area contributed by atoms with Crippen LogP contribution in [0.4, 0.5) is 0 Å². The molecule has 0 saturated carbocycles. The number of furan rings is 1. The van der Waals surface area contributed by atoms with E-state index in [1.807, 2.05) is 0 Å². The number of cyclic esters (lactones) is 1. The lowest BCUT2D eigenvalue weighted by atomic mass is 10.1. The van der Waals surface area contributed by atoms with Crippen LogP contribution in [0.15, 0.2) is 35.0 Å². The molecule has 0 bridgehead atoms. The standard InChI is InChI=1S/C9H8O3/c10-9-5-1-3-8(12-9)7-4-2-6-11-7/h1-2,4-6,8H,3H2/t8-/m0/s1. The Labute approximate surface area is 69.6 Å². The van der Waals surface area contributed by atoms with E-state index in [0.29, 0.717) is 12.2 Å². The SMILES string of the molecule is O=C1C=CC[C@@H](c2ccco2)O1. The number of rotatable bonds is 1. The molecule has 3 heteroatoms. The predicted molar refractivity (Wildman–Crippen MR) is 41.3 cm³/mol. The first-order valence-corrected chi connectivity index (χ1v) is 3.77. The minimum absolute atomic E-state index is 0.238. The zero-order valence-corrected chi connectivity index (χ0v) is 6.40. The molecule has 12 heavy (non-hydrogen) atoms. The van der Waals surface area contributed by atoms with Gasteiger partial charge in [0, 0.05) is 12.5 Å². The van der Waals surface area contributed by atoms with Gasteiger partial charge in [0.05, 0.1) is 6.26 Å². The second-order valence-electron chi connectivity index (χ2n) is 2.58. The number of esters is 1. The maximum absolute atomic E-state index is 10.8. The normalized spacial score (nSPS) is 22.3. The van der Waals surface area contributed by atoms with Gasteiger partial charge < -0.3 is 9.15 Å². The van der Waals surface area contributed by atoms with Gasteiger partial charge in [-0.15, -0.1) is 0 Å². The lowest BCUT2D eigenvalue weighted by Crippen LogP contribution is -2.11. The summed E-state index contributed by atoms with van der Waals surface area (Å²) >= 11 is 0. The molecule has 3 nitrogen and oxygen atoms in total. The largest absolute Gasteiger partial charge is 0.465 e. The third-order valence-corrected chi connectivity index (χ3v) is 1.72. The summed E-state index contributed by atoms with van der Waals surface area (Å²) in [6.07, 6.45) is 5.25. The summed E-state index contributed by atoms with van der Waals surface area (Å²) in [5.41, 5.74) is 0. The van der Waals surface area contributed by atoms with E-state index in [2.05, 4.69) is 0 Å². The maximum Gasteiger partial charge on any atom is 0.331 e. The molecule has 1 aromatic rings. The van der Waals surface area contributed by atoms with Crippen LogP contribution in [0.2, 0.25) is 0 Å². The first-order valence-electron chi connectivity index (χ1n) is 3.77. The Balaban J connectivity index is 2.17. The molecule has 1 aromatic heterocycles. The molecular formula is C9H8O3. The van der Waals surface area contributed by atoms with Crippen LogP contribution in [0.3, 0.4) is 0 Å². The molecule has 1 aliphatic heterocycles. The van der Waals surface area contributed by atoms with Crippen LogP contribution in [0, 0.1) is 0 Å². The molecule has 0 aliphatic carbocycles. The summed E-state index contributed by atoms with van der Waals surface area (Å²) in [6.45, 7) is 0. The monoisotopic (exact) mass is 164 g/mol. The van der Waals surface area contributed by atoms with Crippen LogP contribution in [-0.2, 0) is 9.53 Å². The molecule has 0 N–H and O–H groups in total. The van der Waals surface area contributed by atoms with Gasteiger partial charge in [-0.3, -0.25) is 0 Å². The highest BCUT2D eigenvalue weighted by atomic mass is 16.6. The molecular weight excluding hydrogens is 156 g/mol. The van der Waals surface area contributed by atoms with E-state index in [0.717, 1.165) is 0 Å². The van der Waals surface area contributed by atoms with E-state index in [1.165, 1.54) is 6.08 Å². The summed E-state index contributed by atoms with van der Waals surface area (Å²) in [4.78, 5) is 10.8. The highest BCUT2D eigenvalue weighted by Crippen LogP contribution is 2.24. The van der Waals surface area contributed by atoms with E-state index in [4.69, 9.17) is 9.15 Å². The van der Waals surface area contributed by atoms with E-state index < -0.39 is 0 Å². The average Bonchev–Trinajstić information content (AvgIpc) is 2.56.